The zero-order chi connectivity index (χ0) is 18.5. The normalized spacial score (nSPS) is 17.2. The lowest BCUT2D eigenvalue weighted by Crippen LogP contribution is -2.35. The van der Waals surface area contributed by atoms with Gasteiger partial charge in [0.15, 0.2) is 0 Å². The van der Waals surface area contributed by atoms with Crippen LogP contribution in [0.1, 0.15) is 35.7 Å². The Balaban J connectivity index is 1.59. The van der Waals surface area contributed by atoms with Crippen LogP contribution in [-0.4, -0.2) is 29.1 Å². The summed E-state index contributed by atoms with van der Waals surface area (Å²) < 4.78 is 28.5. The smallest absolute Gasteiger partial charge is 0.307 e. The quantitative estimate of drug-likeness (QED) is 0.832. The number of likely N-dealkylation sites (tertiary alicyclic amines) is 1. The summed E-state index contributed by atoms with van der Waals surface area (Å²) in [7, 11) is 0. The Morgan fingerprint density at radius 2 is 1.69 bits per heavy atom. The van der Waals surface area contributed by atoms with E-state index in [-0.39, 0.29) is 17.9 Å². The van der Waals surface area contributed by atoms with Gasteiger partial charge in [-0.25, -0.2) is 8.78 Å². The Hall–Kier alpha value is -2.27. The summed E-state index contributed by atoms with van der Waals surface area (Å²) in [6.07, 6.45) is 0.0531. The highest BCUT2D eigenvalue weighted by Gasteiger charge is 2.29. The second-order valence-corrected chi connectivity index (χ2v) is 6.88. The van der Waals surface area contributed by atoms with E-state index in [4.69, 9.17) is 5.11 Å². The third kappa shape index (κ3) is 4.47. The third-order valence-electron chi connectivity index (χ3n) is 5.10. The van der Waals surface area contributed by atoms with Gasteiger partial charge in [0.2, 0.25) is 0 Å². The molecule has 1 unspecified atom stereocenters. The molecule has 5 heteroatoms. The third-order valence-corrected chi connectivity index (χ3v) is 5.10. The molecule has 0 radical (unpaired) electrons. The van der Waals surface area contributed by atoms with E-state index in [1.54, 1.807) is 12.1 Å². The molecule has 26 heavy (non-hydrogen) atoms. The van der Waals surface area contributed by atoms with Crippen molar-refractivity contribution in [2.75, 3.05) is 13.1 Å². The maximum Gasteiger partial charge on any atom is 0.307 e. The molecule has 1 N–H and O–H groups in total. The molecule has 1 aliphatic heterocycles. The fourth-order valence-electron chi connectivity index (χ4n) is 3.64. The second kappa shape index (κ2) is 8.41. The Morgan fingerprint density at radius 3 is 2.35 bits per heavy atom. The van der Waals surface area contributed by atoms with Crippen molar-refractivity contribution < 1.29 is 18.7 Å². The molecule has 3 nitrogen and oxygen atoms in total. The summed E-state index contributed by atoms with van der Waals surface area (Å²) in [6, 6.07) is 13.6. The van der Waals surface area contributed by atoms with Crippen LogP contribution < -0.4 is 0 Å². The summed E-state index contributed by atoms with van der Waals surface area (Å²) in [4.78, 5) is 13.2. The monoisotopic (exact) mass is 359 g/mol. The Bertz CT molecular complexity index is 757. The molecule has 2 aromatic carbocycles. The molecular formula is C21H23F2NO2. The molecule has 1 saturated heterocycles. The lowest BCUT2D eigenvalue weighted by Gasteiger charge is -2.34. The Kier molecular flexibility index (Phi) is 5.99. The molecule has 138 valence electrons. The van der Waals surface area contributed by atoms with Crippen molar-refractivity contribution in [3.8, 4) is 0 Å². The Labute approximate surface area is 152 Å². The molecule has 1 atom stereocenters. The van der Waals surface area contributed by atoms with Crippen LogP contribution in [0.25, 0.3) is 0 Å². The van der Waals surface area contributed by atoms with E-state index in [0.717, 1.165) is 24.2 Å². The van der Waals surface area contributed by atoms with Crippen molar-refractivity contribution in [3.05, 3.63) is 71.0 Å². The lowest BCUT2D eigenvalue weighted by atomic mass is 9.88. The summed E-state index contributed by atoms with van der Waals surface area (Å²) in [5.74, 6) is -1.51. The number of carbonyl (C=O) groups is 1. The van der Waals surface area contributed by atoms with E-state index >= 15 is 0 Å². The van der Waals surface area contributed by atoms with Gasteiger partial charge in [-0.1, -0.05) is 42.5 Å². The molecule has 0 saturated carbocycles. The molecular weight excluding hydrogens is 336 g/mol. The topological polar surface area (TPSA) is 40.5 Å². The van der Waals surface area contributed by atoms with Crippen LogP contribution in [0.4, 0.5) is 8.78 Å². The van der Waals surface area contributed by atoms with Gasteiger partial charge in [0.05, 0.1) is 6.42 Å². The number of halogens is 2. The fraction of sp³-hybridized carbons (Fsp3) is 0.381. The van der Waals surface area contributed by atoms with E-state index in [2.05, 4.69) is 4.90 Å². The van der Waals surface area contributed by atoms with Gasteiger partial charge >= 0.3 is 5.97 Å². The number of carboxylic acid groups (broad SMARTS) is 1. The van der Waals surface area contributed by atoms with E-state index in [1.165, 1.54) is 12.1 Å². The number of rotatable bonds is 6. The number of aliphatic carboxylic acids is 1. The minimum Gasteiger partial charge on any atom is -0.481 e. The first-order valence-corrected chi connectivity index (χ1v) is 8.94. The minimum atomic E-state index is -1.28. The van der Waals surface area contributed by atoms with Gasteiger partial charge in [0, 0.05) is 12.1 Å². The van der Waals surface area contributed by atoms with Crippen molar-refractivity contribution in [1.29, 1.82) is 0 Å². The van der Waals surface area contributed by atoms with Crippen molar-refractivity contribution in [2.45, 2.75) is 32.0 Å². The van der Waals surface area contributed by atoms with Crippen molar-refractivity contribution in [3.63, 3.8) is 0 Å². The van der Waals surface area contributed by atoms with Crippen LogP contribution in [0.2, 0.25) is 0 Å². The fourth-order valence-corrected chi connectivity index (χ4v) is 3.64. The number of nitrogens with zero attached hydrogens (tertiary/aromatic N) is 1. The molecule has 1 fully saturated rings. The van der Waals surface area contributed by atoms with Crippen LogP contribution in [0.5, 0.6) is 0 Å². The summed E-state index contributed by atoms with van der Waals surface area (Å²) >= 11 is 0. The predicted octanol–water partition coefficient (Wildman–Crippen LogP) is 4.38. The number of benzene rings is 2. The molecule has 0 aromatic heterocycles. The number of piperidine rings is 1. The van der Waals surface area contributed by atoms with Crippen LogP contribution >= 0.6 is 0 Å². The molecule has 0 bridgehead atoms. The number of hydrogen-bond acceptors (Lipinski definition) is 2. The van der Waals surface area contributed by atoms with E-state index in [0.29, 0.717) is 19.4 Å². The van der Waals surface area contributed by atoms with E-state index < -0.39 is 18.0 Å². The lowest BCUT2D eigenvalue weighted by molar-refractivity contribution is -0.136. The van der Waals surface area contributed by atoms with Crippen LogP contribution in [0, 0.1) is 11.7 Å². The largest absolute Gasteiger partial charge is 0.481 e. The van der Waals surface area contributed by atoms with Gasteiger partial charge in [0.25, 0.3) is 0 Å². The van der Waals surface area contributed by atoms with E-state index in [1.807, 2.05) is 24.3 Å². The summed E-state index contributed by atoms with van der Waals surface area (Å²) in [5.41, 5.74) is 1.97. The molecule has 3 rings (SSSR count). The van der Waals surface area contributed by atoms with Gasteiger partial charge in [-0.05, 0) is 49.0 Å². The summed E-state index contributed by atoms with van der Waals surface area (Å²) in [5, 5.41) is 9.04. The van der Waals surface area contributed by atoms with Crippen LogP contribution in [0.15, 0.2) is 48.5 Å². The number of hydrogen-bond donors (Lipinski definition) is 1. The van der Waals surface area contributed by atoms with Crippen LogP contribution in [-0.2, 0) is 17.8 Å². The second-order valence-electron chi connectivity index (χ2n) is 6.88. The van der Waals surface area contributed by atoms with Gasteiger partial charge in [0.1, 0.15) is 12.0 Å². The first kappa shape index (κ1) is 18.5. The van der Waals surface area contributed by atoms with Gasteiger partial charge in [-0.3, -0.25) is 9.69 Å². The van der Waals surface area contributed by atoms with Crippen LogP contribution in [0.3, 0.4) is 0 Å². The van der Waals surface area contributed by atoms with Crippen molar-refractivity contribution >= 4 is 5.97 Å². The van der Waals surface area contributed by atoms with Gasteiger partial charge < -0.3 is 5.11 Å². The summed E-state index contributed by atoms with van der Waals surface area (Å²) in [6.45, 7) is 2.11. The number of alkyl halides is 1. The SMILES string of the molecule is O=C(O)Cc1ccccc1CN1CCC(C(F)c2ccccc2F)CC1. The predicted molar refractivity (Wildman–Crippen MR) is 96.0 cm³/mol. The van der Waals surface area contributed by atoms with Crippen molar-refractivity contribution in [2.24, 2.45) is 5.92 Å². The molecule has 0 spiro atoms. The first-order valence-electron chi connectivity index (χ1n) is 8.94. The molecule has 1 heterocycles. The molecule has 2 aromatic rings. The zero-order valence-corrected chi connectivity index (χ0v) is 14.6. The van der Waals surface area contributed by atoms with Gasteiger partial charge in [-0.2, -0.15) is 0 Å². The standard InChI is InChI=1S/C21H23F2NO2/c22-19-8-4-3-7-18(19)21(23)15-9-11-24(12-10-15)14-17-6-2-1-5-16(17)13-20(25)26/h1-8,15,21H,9-14H2,(H,25,26). The highest BCUT2D eigenvalue weighted by atomic mass is 19.1. The average Bonchev–Trinajstić information content (AvgIpc) is 2.63. The first-order chi connectivity index (χ1) is 12.5. The molecule has 0 amide bonds. The number of carboxylic acids is 1. The Morgan fingerprint density at radius 1 is 1.08 bits per heavy atom. The maximum atomic E-state index is 14.7. The molecule has 0 aliphatic carbocycles. The molecule has 1 aliphatic rings. The van der Waals surface area contributed by atoms with Crippen molar-refractivity contribution in [1.82, 2.24) is 4.90 Å². The highest BCUT2D eigenvalue weighted by Crippen LogP contribution is 2.35. The van der Waals surface area contributed by atoms with E-state index in [9.17, 15) is 13.6 Å². The average molecular weight is 359 g/mol. The maximum absolute atomic E-state index is 14.7. The zero-order valence-electron chi connectivity index (χ0n) is 14.6. The highest BCUT2D eigenvalue weighted by molar-refractivity contribution is 5.70. The minimum absolute atomic E-state index is 0.00643. The van der Waals surface area contributed by atoms with Gasteiger partial charge in [-0.15, -0.1) is 0 Å².